The van der Waals surface area contributed by atoms with E-state index in [1.165, 1.54) is 32.1 Å². The van der Waals surface area contributed by atoms with Gasteiger partial charge in [-0.15, -0.1) is 24.0 Å². The Kier molecular flexibility index (Phi) is 8.66. The van der Waals surface area contributed by atoms with Crippen LogP contribution in [0.15, 0.2) is 23.7 Å². The lowest BCUT2D eigenvalue weighted by molar-refractivity contribution is 0.188. The number of halogens is 1. The van der Waals surface area contributed by atoms with Crippen LogP contribution in [0.25, 0.3) is 0 Å². The van der Waals surface area contributed by atoms with E-state index in [0.717, 1.165) is 38.2 Å². The van der Waals surface area contributed by atoms with E-state index in [4.69, 9.17) is 0 Å². The maximum absolute atomic E-state index is 4.53. The van der Waals surface area contributed by atoms with E-state index in [9.17, 15) is 0 Å². The number of guanidine groups is 1. The normalized spacial score (nSPS) is 24.8. The summed E-state index contributed by atoms with van der Waals surface area (Å²) in [4.78, 5) is 13.7. The number of nitrogens with one attached hydrogen (secondary N) is 1. The van der Waals surface area contributed by atoms with E-state index in [0.29, 0.717) is 12.0 Å². The molecule has 0 radical (unpaired) electrons. The summed E-state index contributed by atoms with van der Waals surface area (Å²) in [5.74, 6) is 1.70. The van der Waals surface area contributed by atoms with E-state index in [1.54, 1.807) is 0 Å². The Morgan fingerprint density at radius 1 is 1.31 bits per heavy atom. The van der Waals surface area contributed by atoms with Gasteiger partial charge in [0.05, 0.1) is 12.4 Å². The molecule has 1 aromatic rings. The first-order valence-corrected chi connectivity index (χ1v) is 9.82. The third-order valence-corrected chi connectivity index (χ3v) is 6.03. The molecule has 2 atom stereocenters. The summed E-state index contributed by atoms with van der Waals surface area (Å²) >= 11 is 0. The van der Waals surface area contributed by atoms with Gasteiger partial charge in [0.1, 0.15) is 0 Å². The number of nitrogens with zero attached hydrogens (tertiary/aromatic N) is 5. The van der Waals surface area contributed by atoms with Crippen LogP contribution in [-0.4, -0.2) is 71.6 Å². The van der Waals surface area contributed by atoms with Crippen molar-refractivity contribution in [3.05, 3.63) is 18.7 Å². The van der Waals surface area contributed by atoms with Crippen LogP contribution in [0, 0.1) is 5.92 Å². The number of aromatic nitrogens is 2. The second-order valence-corrected chi connectivity index (χ2v) is 7.68. The van der Waals surface area contributed by atoms with Crippen molar-refractivity contribution in [3.63, 3.8) is 0 Å². The lowest BCUT2D eigenvalue weighted by Gasteiger charge is -2.39. The minimum atomic E-state index is 0. The van der Waals surface area contributed by atoms with Crippen molar-refractivity contribution >= 4 is 29.9 Å². The fourth-order valence-electron chi connectivity index (χ4n) is 4.30. The zero-order chi connectivity index (χ0) is 17.6. The SMILES string of the molecule is CN=C(NCCN(C)C1CCCC1)N1CCC(C)C(n2ccnc2)C1.I. The van der Waals surface area contributed by atoms with Crippen LogP contribution in [0.4, 0.5) is 0 Å². The van der Waals surface area contributed by atoms with E-state index >= 15 is 0 Å². The summed E-state index contributed by atoms with van der Waals surface area (Å²) in [6.45, 7) is 6.45. The minimum Gasteiger partial charge on any atom is -0.355 e. The molecule has 1 saturated heterocycles. The summed E-state index contributed by atoms with van der Waals surface area (Å²) in [7, 11) is 4.16. The molecule has 7 heteroatoms. The molecule has 1 aliphatic carbocycles. The molecule has 1 N–H and O–H groups in total. The number of likely N-dealkylation sites (N-methyl/N-ethyl adjacent to an activating group) is 1. The Bertz CT molecular complexity index is 540. The van der Waals surface area contributed by atoms with Gasteiger partial charge >= 0.3 is 0 Å². The molecule has 1 aliphatic heterocycles. The van der Waals surface area contributed by atoms with Gasteiger partial charge in [0.15, 0.2) is 5.96 Å². The van der Waals surface area contributed by atoms with E-state index < -0.39 is 0 Å². The van der Waals surface area contributed by atoms with Crippen molar-refractivity contribution in [2.24, 2.45) is 10.9 Å². The number of likely N-dealkylation sites (tertiary alicyclic amines) is 1. The number of imidazole rings is 1. The Labute approximate surface area is 175 Å². The second-order valence-electron chi connectivity index (χ2n) is 7.68. The quantitative estimate of drug-likeness (QED) is 0.405. The number of rotatable bonds is 5. The largest absolute Gasteiger partial charge is 0.355 e. The van der Waals surface area contributed by atoms with Crippen LogP contribution in [0.3, 0.4) is 0 Å². The first-order chi connectivity index (χ1) is 12.2. The van der Waals surface area contributed by atoms with E-state index in [1.807, 2.05) is 19.6 Å². The zero-order valence-electron chi connectivity index (χ0n) is 16.5. The van der Waals surface area contributed by atoms with Crippen molar-refractivity contribution in [2.75, 3.05) is 40.3 Å². The van der Waals surface area contributed by atoms with Gasteiger partial charge in [0.25, 0.3) is 0 Å². The standard InChI is InChI=1S/C19H34N6.HI/c1-16-8-11-24(14-18(16)25-13-9-21-15-25)19(20-2)22-10-12-23(3)17-6-4-5-7-17;/h9,13,15-18H,4-8,10-12,14H2,1-3H3,(H,20,22);1H. The van der Waals surface area contributed by atoms with Crippen molar-refractivity contribution in [2.45, 2.75) is 51.1 Å². The second kappa shape index (κ2) is 10.5. The molecular weight excluding hydrogens is 439 g/mol. The highest BCUT2D eigenvalue weighted by atomic mass is 127. The molecule has 2 unspecified atom stereocenters. The van der Waals surface area contributed by atoms with Crippen LogP contribution >= 0.6 is 24.0 Å². The summed E-state index contributed by atoms with van der Waals surface area (Å²) in [6, 6.07) is 1.25. The van der Waals surface area contributed by atoms with Crippen molar-refractivity contribution in [3.8, 4) is 0 Å². The molecule has 2 fully saturated rings. The van der Waals surface area contributed by atoms with Gasteiger partial charge in [0, 0.05) is 51.7 Å². The molecule has 6 nitrogen and oxygen atoms in total. The molecule has 148 valence electrons. The first-order valence-electron chi connectivity index (χ1n) is 9.82. The molecule has 26 heavy (non-hydrogen) atoms. The van der Waals surface area contributed by atoms with Crippen LogP contribution in [0.5, 0.6) is 0 Å². The van der Waals surface area contributed by atoms with Gasteiger partial charge in [-0.1, -0.05) is 19.8 Å². The van der Waals surface area contributed by atoms with Gasteiger partial charge in [-0.25, -0.2) is 4.98 Å². The molecule has 0 spiro atoms. The summed E-state index contributed by atoms with van der Waals surface area (Å²) in [6.07, 6.45) is 12.6. The van der Waals surface area contributed by atoms with Crippen molar-refractivity contribution in [1.82, 2.24) is 24.7 Å². The lowest BCUT2D eigenvalue weighted by atomic mass is 9.93. The molecule has 0 bridgehead atoms. The zero-order valence-corrected chi connectivity index (χ0v) is 18.8. The fourth-order valence-corrected chi connectivity index (χ4v) is 4.30. The Morgan fingerprint density at radius 2 is 2.08 bits per heavy atom. The molecule has 1 saturated carbocycles. The van der Waals surface area contributed by atoms with E-state index in [-0.39, 0.29) is 24.0 Å². The minimum absolute atomic E-state index is 0. The third-order valence-electron chi connectivity index (χ3n) is 6.03. The highest BCUT2D eigenvalue weighted by molar-refractivity contribution is 14.0. The van der Waals surface area contributed by atoms with Crippen LogP contribution in [-0.2, 0) is 0 Å². The maximum atomic E-state index is 4.53. The predicted octanol–water partition coefficient (Wildman–Crippen LogP) is 2.83. The summed E-state index contributed by atoms with van der Waals surface area (Å²) in [5.41, 5.74) is 0. The number of hydrogen-bond donors (Lipinski definition) is 1. The Balaban J connectivity index is 0.00000243. The van der Waals surface area contributed by atoms with Crippen LogP contribution in [0.1, 0.15) is 45.1 Å². The number of piperidine rings is 1. The maximum Gasteiger partial charge on any atom is 0.193 e. The van der Waals surface area contributed by atoms with Crippen molar-refractivity contribution in [1.29, 1.82) is 0 Å². The third kappa shape index (κ3) is 5.34. The molecule has 0 amide bonds. The van der Waals surface area contributed by atoms with Crippen LogP contribution < -0.4 is 5.32 Å². The topological polar surface area (TPSA) is 48.7 Å². The smallest absolute Gasteiger partial charge is 0.193 e. The number of hydrogen-bond acceptors (Lipinski definition) is 3. The van der Waals surface area contributed by atoms with Gasteiger partial charge in [-0.2, -0.15) is 0 Å². The van der Waals surface area contributed by atoms with E-state index in [2.05, 4.69) is 49.8 Å². The summed E-state index contributed by atoms with van der Waals surface area (Å²) < 4.78 is 2.25. The lowest BCUT2D eigenvalue weighted by Crippen LogP contribution is -2.50. The van der Waals surface area contributed by atoms with Gasteiger partial charge in [0.2, 0.25) is 0 Å². The van der Waals surface area contributed by atoms with Crippen LogP contribution in [0.2, 0.25) is 0 Å². The molecule has 1 aromatic heterocycles. The van der Waals surface area contributed by atoms with Gasteiger partial charge < -0.3 is 19.7 Å². The fraction of sp³-hybridized carbons (Fsp3) is 0.789. The molecule has 2 aliphatic rings. The van der Waals surface area contributed by atoms with Gasteiger partial charge in [-0.05, 0) is 32.2 Å². The average molecular weight is 474 g/mol. The average Bonchev–Trinajstić information content (AvgIpc) is 3.32. The molecule has 3 rings (SSSR count). The Hall–Kier alpha value is -0.830. The number of aliphatic imine (C=N–C) groups is 1. The molecule has 0 aromatic carbocycles. The summed E-state index contributed by atoms with van der Waals surface area (Å²) in [5, 5.41) is 3.58. The highest BCUT2D eigenvalue weighted by Crippen LogP contribution is 2.27. The monoisotopic (exact) mass is 474 g/mol. The highest BCUT2D eigenvalue weighted by Gasteiger charge is 2.29. The first kappa shape index (κ1) is 21.5. The van der Waals surface area contributed by atoms with Gasteiger partial charge in [-0.3, -0.25) is 4.99 Å². The molecule has 2 heterocycles. The Morgan fingerprint density at radius 3 is 2.73 bits per heavy atom. The van der Waals surface area contributed by atoms with Crippen molar-refractivity contribution < 1.29 is 0 Å². The predicted molar refractivity (Wildman–Crippen MR) is 118 cm³/mol. The molecular formula is C19H35IN6.